The van der Waals surface area contributed by atoms with Crippen molar-refractivity contribution >= 4 is 29.6 Å². The van der Waals surface area contributed by atoms with Crippen LogP contribution in [0.15, 0.2) is 0 Å². The number of sulfone groups is 1. The van der Waals surface area contributed by atoms with Gasteiger partial charge in [-0.05, 0) is 38.0 Å². The summed E-state index contributed by atoms with van der Waals surface area (Å²) in [5, 5.41) is 0. The van der Waals surface area contributed by atoms with Crippen molar-refractivity contribution in [2.45, 2.75) is 36.9 Å². The normalized spacial score (nSPS) is 28.8. The molecule has 0 unspecified atom stereocenters. The lowest BCUT2D eigenvalue weighted by Crippen LogP contribution is -2.29. The highest BCUT2D eigenvalue weighted by Gasteiger charge is 2.54. The maximum Gasteiger partial charge on any atom is 0.238 e. The Kier molecular flexibility index (Phi) is 3.04. The van der Waals surface area contributed by atoms with Crippen LogP contribution in [0.2, 0.25) is 0 Å². The zero-order valence-electron chi connectivity index (χ0n) is 8.85. The molecule has 0 radical (unpaired) electrons. The quantitative estimate of drug-likeness (QED) is 0.734. The Hall–Kier alpha value is 0.190. The van der Waals surface area contributed by atoms with Gasteiger partial charge in [-0.3, -0.25) is 0 Å². The average molecular weight is 287 g/mol. The van der Waals surface area contributed by atoms with Crippen LogP contribution < -0.4 is 0 Å². The summed E-state index contributed by atoms with van der Waals surface area (Å²) in [4.78, 5) is 0. The van der Waals surface area contributed by atoms with Crippen molar-refractivity contribution in [1.29, 1.82) is 0 Å². The Morgan fingerprint density at radius 3 is 2.06 bits per heavy atom. The van der Waals surface area contributed by atoms with Crippen molar-refractivity contribution in [3.05, 3.63) is 0 Å². The minimum Gasteiger partial charge on any atom is -0.229 e. The van der Waals surface area contributed by atoms with Gasteiger partial charge in [-0.25, -0.2) is 16.8 Å². The van der Waals surface area contributed by atoms with Crippen LogP contribution in [0.5, 0.6) is 0 Å². The smallest absolute Gasteiger partial charge is 0.229 e. The van der Waals surface area contributed by atoms with E-state index in [0.29, 0.717) is 32.1 Å². The first-order valence-corrected chi connectivity index (χ1v) is 9.52. The van der Waals surface area contributed by atoms with Crippen LogP contribution in [0.25, 0.3) is 0 Å². The second-order valence-corrected chi connectivity index (χ2v) is 10.2. The number of halogens is 1. The van der Waals surface area contributed by atoms with E-state index in [0.717, 1.165) is 0 Å². The second-order valence-electron chi connectivity index (χ2n) is 4.92. The summed E-state index contributed by atoms with van der Waals surface area (Å²) in [5.74, 6) is 0.575. The number of rotatable bonds is 3. The fraction of sp³-hybridized carbons (Fsp3) is 1.00. The van der Waals surface area contributed by atoms with Gasteiger partial charge < -0.3 is 0 Å². The third-order valence-electron chi connectivity index (χ3n) is 3.66. The summed E-state index contributed by atoms with van der Waals surface area (Å²) in [6.07, 6.45) is 2.95. The van der Waals surface area contributed by atoms with Gasteiger partial charge in [0.05, 0.1) is 16.3 Å². The number of hydrogen-bond donors (Lipinski definition) is 0. The van der Waals surface area contributed by atoms with E-state index < -0.39 is 23.6 Å². The van der Waals surface area contributed by atoms with Crippen LogP contribution in [0, 0.1) is 5.92 Å². The van der Waals surface area contributed by atoms with Crippen molar-refractivity contribution in [3.63, 3.8) is 0 Å². The van der Waals surface area contributed by atoms with Gasteiger partial charge >= 0.3 is 0 Å². The van der Waals surface area contributed by atoms with Crippen LogP contribution >= 0.6 is 10.7 Å². The van der Waals surface area contributed by atoms with Gasteiger partial charge in [0.15, 0.2) is 0 Å². The van der Waals surface area contributed by atoms with Crippen LogP contribution in [-0.2, 0) is 18.9 Å². The lowest BCUT2D eigenvalue weighted by Gasteiger charge is -2.24. The van der Waals surface area contributed by atoms with Crippen molar-refractivity contribution < 1.29 is 16.8 Å². The Labute approximate surface area is 101 Å². The molecule has 0 atom stereocenters. The van der Waals surface area contributed by atoms with Crippen molar-refractivity contribution in [3.8, 4) is 0 Å². The van der Waals surface area contributed by atoms with E-state index in [4.69, 9.17) is 10.7 Å². The molecule has 1 aliphatic heterocycles. The van der Waals surface area contributed by atoms with Gasteiger partial charge in [0.25, 0.3) is 0 Å². The molecule has 2 fully saturated rings. The molecule has 0 aromatic carbocycles. The molecule has 0 amide bonds. The predicted octanol–water partition coefficient (Wildman–Crippen LogP) is 1.30. The highest BCUT2D eigenvalue weighted by molar-refractivity contribution is 8.15. The maximum atomic E-state index is 11.4. The molecule has 0 aromatic heterocycles. The largest absolute Gasteiger partial charge is 0.238 e. The topological polar surface area (TPSA) is 68.3 Å². The van der Waals surface area contributed by atoms with E-state index in [1.54, 1.807) is 0 Å². The Bertz CT molecular complexity index is 462. The van der Waals surface area contributed by atoms with Crippen LogP contribution in [0.4, 0.5) is 0 Å². The molecule has 1 saturated carbocycles. The molecule has 1 aliphatic carbocycles. The summed E-state index contributed by atoms with van der Waals surface area (Å²) < 4.78 is 44.5. The van der Waals surface area contributed by atoms with Gasteiger partial charge in [-0.15, -0.1) is 0 Å². The van der Waals surface area contributed by atoms with E-state index in [9.17, 15) is 16.8 Å². The molecule has 7 heteroatoms. The van der Waals surface area contributed by atoms with Crippen molar-refractivity contribution in [2.24, 2.45) is 5.92 Å². The fourth-order valence-corrected chi connectivity index (χ4v) is 5.62. The minimum atomic E-state index is -3.50. The lowest BCUT2D eigenvalue weighted by molar-refractivity contribution is 0.418. The average Bonchev–Trinajstić information content (AvgIpc) is 2.89. The molecule has 1 heterocycles. The molecule has 0 bridgehead atoms. The van der Waals surface area contributed by atoms with Gasteiger partial charge in [0.2, 0.25) is 9.05 Å². The minimum absolute atomic E-state index is 0.191. The Morgan fingerprint density at radius 2 is 1.69 bits per heavy atom. The third-order valence-corrected chi connectivity index (χ3v) is 7.97. The SMILES string of the molecule is O=S1(=O)CCC(CC2(S(=O)(=O)Cl)CC2)CC1. The van der Waals surface area contributed by atoms with Gasteiger partial charge in [0.1, 0.15) is 9.84 Å². The van der Waals surface area contributed by atoms with E-state index in [1.165, 1.54) is 0 Å². The zero-order valence-corrected chi connectivity index (χ0v) is 11.2. The van der Waals surface area contributed by atoms with Crippen LogP contribution in [0.1, 0.15) is 32.1 Å². The first kappa shape index (κ1) is 12.6. The first-order valence-electron chi connectivity index (χ1n) is 5.39. The van der Waals surface area contributed by atoms with Crippen molar-refractivity contribution in [2.75, 3.05) is 11.5 Å². The summed E-state index contributed by atoms with van der Waals surface area (Å²) in [6.45, 7) is 0. The van der Waals surface area contributed by atoms with Crippen molar-refractivity contribution in [1.82, 2.24) is 0 Å². The molecule has 16 heavy (non-hydrogen) atoms. The lowest BCUT2D eigenvalue weighted by atomic mass is 9.96. The van der Waals surface area contributed by atoms with E-state index in [1.807, 2.05) is 0 Å². The molecule has 0 aromatic rings. The third kappa shape index (κ3) is 2.54. The Morgan fingerprint density at radius 1 is 1.19 bits per heavy atom. The van der Waals surface area contributed by atoms with Gasteiger partial charge in [-0.2, -0.15) is 0 Å². The molecule has 2 rings (SSSR count). The maximum absolute atomic E-state index is 11.4. The molecule has 2 aliphatic rings. The second kappa shape index (κ2) is 3.85. The van der Waals surface area contributed by atoms with Crippen LogP contribution in [-0.4, -0.2) is 33.1 Å². The summed E-state index contributed by atoms with van der Waals surface area (Å²) in [6, 6.07) is 0. The van der Waals surface area contributed by atoms with Gasteiger partial charge in [0, 0.05) is 10.7 Å². The predicted molar refractivity (Wildman–Crippen MR) is 62.7 cm³/mol. The standard InChI is InChI=1S/C9H15ClO4S2/c10-16(13,14)9(3-4-9)7-8-1-5-15(11,12)6-2-8/h8H,1-7H2. The van der Waals surface area contributed by atoms with E-state index in [2.05, 4.69) is 0 Å². The summed E-state index contributed by atoms with van der Waals surface area (Å²) >= 11 is 0. The fourth-order valence-electron chi connectivity index (χ4n) is 2.36. The van der Waals surface area contributed by atoms with Crippen LogP contribution in [0.3, 0.4) is 0 Å². The molecular formula is C9H15ClO4S2. The molecular weight excluding hydrogens is 272 g/mol. The number of hydrogen-bond acceptors (Lipinski definition) is 4. The highest BCUT2D eigenvalue weighted by atomic mass is 35.7. The highest BCUT2D eigenvalue weighted by Crippen LogP contribution is 2.51. The molecule has 4 nitrogen and oxygen atoms in total. The van der Waals surface area contributed by atoms with E-state index in [-0.39, 0.29) is 17.4 Å². The summed E-state index contributed by atoms with van der Waals surface area (Å²) in [7, 11) is -0.949. The van der Waals surface area contributed by atoms with Gasteiger partial charge in [-0.1, -0.05) is 0 Å². The molecule has 0 N–H and O–H groups in total. The molecule has 94 valence electrons. The summed E-state index contributed by atoms with van der Waals surface area (Å²) in [5.41, 5.74) is 0. The molecule has 0 spiro atoms. The zero-order chi connectivity index (χ0) is 12.0. The first-order chi connectivity index (χ1) is 7.24. The molecule has 1 saturated heterocycles. The monoisotopic (exact) mass is 286 g/mol. The van der Waals surface area contributed by atoms with E-state index >= 15 is 0 Å². The Balaban J connectivity index is 1.98.